The summed E-state index contributed by atoms with van der Waals surface area (Å²) >= 11 is 0. The highest BCUT2D eigenvalue weighted by atomic mass is 16.5. The first-order valence-electron chi connectivity index (χ1n) is 8.43. The van der Waals surface area contributed by atoms with Crippen molar-refractivity contribution in [3.8, 4) is 0 Å². The Bertz CT molecular complexity index is 518. The molecule has 1 heterocycles. The minimum atomic E-state index is 0.131. The summed E-state index contributed by atoms with van der Waals surface area (Å²) in [5, 5.41) is 3.62. The lowest BCUT2D eigenvalue weighted by Gasteiger charge is -2.34. The third kappa shape index (κ3) is 4.45. The summed E-state index contributed by atoms with van der Waals surface area (Å²) in [5.74, 6) is 1.71. The molecule has 3 rings (SSSR count). The lowest BCUT2D eigenvalue weighted by Crippen LogP contribution is -2.52. The summed E-state index contributed by atoms with van der Waals surface area (Å²) in [6, 6.07) is 11.3. The van der Waals surface area contributed by atoms with Crippen LogP contribution >= 0.6 is 0 Å². The van der Waals surface area contributed by atoms with Gasteiger partial charge >= 0.3 is 0 Å². The van der Waals surface area contributed by atoms with Crippen molar-refractivity contribution in [3.05, 3.63) is 35.9 Å². The predicted octanol–water partition coefficient (Wildman–Crippen LogP) is 1.54. The van der Waals surface area contributed by atoms with E-state index in [1.165, 1.54) is 12.0 Å². The van der Waals surface area contributed by atoms with Crippen LogP contribution in [0, 0.1) is 5.92 Å². The van der Waals surface area contributed by atoms with Crippen LogP contribution in [0.3, 0.4) is 0 Å². The second-order valence-electron chi connectivity index (χ2n) is 6.38. The Kier molecular flexibility index (Phi) is 5.51. The van der Waals surface area contributed by atoms with Gasteiger partial charge in [0.2, 0.25) is 0 Å². The van der Waals surface area contributed by atoms with Gasteiger partial charge in [0.25, 0.3) is 0 Å². The zero-order valence-corrected chi connectivity index (χ0v) is 14.1. The Balaban J connectivity index is 1.49. The van der Waals surface area contributed by atoms with Gasteiger partial charge in [0.05, 0.1) is 19.3 Å². The molecule has 2 fully saturated rings. The molecule has 1 aliphatic heterocycles. The molecular formula is C18H27N3O2. The molecule has 23 heavy (non-hydrogen) atoms. The molecule has 5 heteroatoms. The predicted molar refractivity (Wildman–Crippen MR) is 91.7 cm³/mol. The van der Waals surface area contributed by atoms with Crippen molar-refractivity contribution in [2.75, 3.05) is 40.5 Å². The van der Waals surface area contributed by atoms with Crippen LogP contribution in [0.1, 0.15) is 12.0 Å². The third-order valence-corrected chi connectivity index (χ3v) is 4.58. The highest BCUT2D eigenvalue weighted by Gasteiger charge is 2.38. The van der Waals surface area contributed by atoms with Crippen molar-refractivity contribution >= 4 is 5.96 Å². The van der Waals surface area contributed by atoms with E-state index >= 15 is 0 Å². The average Bonchev–Trinajstić information content (AvgIpc) is 3.31. The molecule has 0 bridgehead atoms. The van der Waals surface area contributed by atoms with Crippen LogP contribution in [0.5, 0.6) is 0 Å². The number of nitrogens with zero attached hydrogens (tertiary/aromatic N) is 2. The summed E-state index contributed by atoms with van der Waals surface area (Å²) in [6.45, 7) is 3.08. The van der Waals surface area contributed by atoms with Crippen LogP contribution in [0.25, 0.3) is 0 Å². The summed E-state index contributed by atoms with van der Waals surface area (Å²) in [4.78, 5) is 6.75. The van der Waals surface area contributed by atoms with E-state index in [4.69, 9.17) is 9.47 Å². The van der Waals surface area contributed by atoms with Crippen molar-refractivity contribution in [1.82, 2.24) is 10.2 Å². The fraction of sp³-hybridized carbons (Fsp3) is 0.611. The molecule has 1 saturated heterocycles. The molecule has 0 amide bonds. The first-order chi connectivity index (χ1) is 11.3. The van der Waals surface area contributed by atoms with Crippen LogP contribution in [0.4, 0.5) is 0 Å². The number of benzene rings is 1. The quantitative estimate of drug-likeness (QED) is 0.661. The maximum Gasteiger partial charge on any atom is 0.194 e. The smallest absolute Gasteiger partial charge is 0.194 e. The van der Waals surface area contributed by atoms with Crippen molar-refractivity contribution in [2.45, 2.75) is 25.0 Å². The molecule has 0 spiro atoms. The lowest BCUT2D eigenvalue weighted by atomic mass is 10.1. The molecule has 2 aliphatic rings. The number of morpholine rings is 1. The summed E-state index contributed by atoms with van der Waals surface area (Å²) in [6.07, 6.45) is 2.50. The SMILES string of the molecule is CN=C(NC1CC1Cc1ccccc1)N1CCOC(COC)C1. The molecule has 0 aromatic heterocycles. The Morgan fingerprint density at radius 1 is 1.39 bits per heavy atom. The van der Waals surface area contributed by atoms with Gasteiger partial charge in [-0.2, -0.15) is 0 Å². The molecule has 1 N–H and O–H groups in total. The van der Waals surface area contributed by atoms with E-state index in [0.717, 1.165) is 32.1 Å². The van der Waals surface area contributed by atoms with E-state index in [1.807, 2.05) is 7.05 Å². The number of hydrogen-bond acceptors (Lipinski definition) is 3. The van der Waals surface area contributed by atoms with Crippen molar-refractivity contribution < 1.29 is 9.47 Å². The van der Waals surface area contributed by atoms with Gasteiger partial charge in [-0.3, -0.25) is 4.99 Å². The standard InChI is InChI=1S/C18H27N3O2/c1-19-18(21-8-9-23-16(12-21)13-22-2)20-17-11-15(17)10-14-6-4-3-5-7-14/h3-7,15-17H,8-13H2,1-2H3,(H,19,20). The van der Waals surface area contributed by atoms with Gasteiger partial charge < -0.3 is 19.7 Å². The van der Waals surface area contributed by atoms with Crippen molar-refractivity contribution in [2.24, 2.45) is 10.9 Å². The monoisotopic (exact) mass is 317 g/mol. The maximum atomic E-state index is 5.71. The van der Waals surface area contributed by atoms with E-state index in [1.54, 1.807) is 7.11 Å². The van der Waals surface area contributed by atoms with Gasteiger partial charge in [-0.05, 0) is 24.3 Å². The van der Waals surface area contributed by atoms with E-state index in [0.29, 0.717) is 18.6 Å². The molecule has 1 aliphatic carbocycles. The summed E-state index contributed by atoms with van der Waals surface area (Å²) in [7, 11) is 3.57. The number of aliphatic imine (C=N–C) groups is 1. The normalized spacial score (nSPS) is 27.8. The van der Waals surface area contributed by atoms with Gasteiger partial charge in [0.1, 0.15) is 0 Å². The average molecular weight is 317 g/mol. The first-order valence-corrected chi connectivity index (χ1v) is 8.43. The molecule has 3 unspecified atom stereocenters. The van der Waals surface area contributed by atoms with Crippen molar-refractivity contribution in [3.63, 3.8) is 0 Å². The second-order valence-corrected chi connectivity index (χ2v) is 6.38. The van der Waals surface area contributed by atoms with Crippen LogP contribution in [-0.2, 0) is 15.9 Å². The largest absolute Gasteiger partial charge is 0.382 e. The minimum Gasteiger partial charge on any atom is -0.382 e. The van der Waals surface area contributed by atoms with Gasteiger partial charge in [0.15, 0.2) is 5.96 Å². The summed E-state index contributed by atoms with van der Waals surface area (Å²) < 4.78 is 10.9. The van der Waals surface area contributed by atoms with Crippen molar-refractivity contribution in [1.29, 1.82) is 0 Å². The zero-order valence-electron chi connectivity index (χ0n) is 14.1. The topological polar surface area (TPSA) is 46.1 Å². The fourth-order valence-corrected chi connectivity index (χ4v) is 3.23. The molecule has 1 aromatic rings. The van der Waals surface area contributed by atoms with Crippen LogP contribution in [-0.4, -0.2) is 63.5 Å². The third-order valence-electron chi connectivity index (χ3n) is 4.58. The van der Waals surface area contributed by atoms with E-state index < -0.39 is 0 Å². The highest BCUT2D eigenvalue weighted by Crippen LogP contribution is 2.33. The Labute approximate surface area is 138 Å². The molecule has 1 aromatic carbocycles. The lowest BCUT2D eigenvalue weighted by molar-refractivity contribution is -0.0447. The maximum absolute atomic E-state index is 5.71. The Morgan fingerprint density at radius 2 is 2.22 bits per heavy atom. The number of nitrogens with one attached hydrogen (secondary N) is 1. The van der Waals surface area contributed by atoms with E-state index in [-0.39, 0.29) is 6.10 Å². The van der Waals surface area contributed by atoms with Gasteiger partial charge in [-0.1, -0.05) is 30.3 Å². The van der Waals surface area contributed by atoms with E-state index in [9.17, 15) is 0 Å². The number of rotatable bonds is 5. The van der Waals surface area contributed by atoms with Crippen LogP contribution < -0.4 is 5.32 Å². The molecule has 0 radical (unpaired) electrons. The minimum absolute atomic E-state index is 0.131. The van der Waals surface area contributed by atoms with Gasteiger partial charge in [-0.25, -0.2) is 0 Å². The highest BCUT2D eigenvalue weighted by molar-refractivity contribution is 5.80. The van der Waals surface area contributed by atoms with Crippen LogP contribution in [0.15, 0.2) is 35.3 Å². The Morgan fingerprint density at radius 3 is 2.96 bits per heavy atom. The second kappa shape index (κ2) is 7.79. The number of methoxy groups -OCH3 is 1. The van der Waals surface area contributed by atoms with Gasteiger partial charge in [0, 0.05) is 33.3 Å². The number of hydrogen-bond donors (Lipinski definition) is 1. The molecule has 1 saturated carbocycles. The molecule has 126 valence electrons. The molecule has 3 atom stereocenters. The summed E-state index contributed by atoms with van der Waals surface area (Å²) in [5.41, 5.74) is 1.42. The number of guanidine groups is 1. The fourth-order valence-electron chi connectivity index (χ4n) is 3.23. The van der Waals surface area contributed by atoms with Crippen LogP contribution in [0.2, 0.25) is 0 Å². The molecule has 5 nitrogen and oxygen atoms in total. The molecular weight excluding hydrogens is 290 g/mol. The van der Waals surface area contributed by atoms with E-state index in [2.05, 4.69) is 45.5 Å². The number of ether oxygens (including phenoxy) is 2. The first kappa shape index (κ1) is 16.3. The zero-order chi connectivity index (χ0) is 16.1. The van der Waals surface area contributed by atoms with Gasteiger partial charge in [-0.15, -0.1) is 0 Å². The Hall–Kier alpha value is -1.59.